The van der Waals surface area contributed by atoms with E-state index in [2.05, 4.69) is 24.1 Å². The highest BCUT2D eigenvalue weighted by Gasteiger charge is 2.48. The van der Waals surface area contributed by atoms with Crippen molar-refractivity contribution < 1.29 is 4.79 Å². The maximum absolute atomic E-state index is 12.6. The van der Waals surface area contributed by atoms with Crippen molar-refractivity contribution >= 4 is 5.91 Å². The van der Waals surface area contributed by atoms with Gasteiger partial charge in [0.25, 0.3) is 0 Å². The van der Waals surface area contributed by atoms with E-state index in [4.69, 9.17) is 0 Å². The molecule has 19 heavy (non-hydrogen) atoms. The van der Waals surface area contributed by atoms with Crippen LogP contribution in [0, 0.1) is 11.3 Å². The van der Waals surface area contributed by atoms with Gasteiger partial charge in [0.1, 0.15) is 0 Å². The lowest BCUT2D eigenvalue weighted by Gasteiger charge is -2.31. The van der Waals surface area contributed by atoms with Gasteiger partial charge in [0.15, 0.2) is 0 Å². The molecule has 3 nitrogen and oxygen atoms in total. The Morgan fingerprint density at radius 2 is 2.00 bits per heavy atom. The van der Waals surface area contributed by atoms with Gasteiger partial charge in [-0.3, -0.25) is 10.1 Å². The summed E-state index contributed by atoms with van der Waals surface area (Å²) in [5, 5.41) is 3.66. The first-order valence-corrected chi connectivity index (χ1v) is 8.19. The lowest BCUT2D eigenvalue weighted by atomic mass is 10.0. The molecule has 3 aliphatic rings. The molecule has 0 aromatic carbocycles. The van der Waals surface area contributed by atoms with Crippen LogP contribution >= 0.6 is 0 Å². The van der Waals surface area contributed by atoms with Gasteiger partial charge in [0.2, 0.25) is 5.91 Å². The molecule has 2 saturated carbocycles. The summed E-state index contributed by atoms with van der Waals surface area (Å²) in [5.74, 6) is 1.08. The molecule has 1 amide bonds. The van der Waals surface area contributed by atoms with Crippen molar-refractivity contribution in [1.29, 1.82) is 0 Å². The van der Waals surface area contributed by atoms with E-state index in [1.807, 2.05) is 0 Å². The first-order chi connectivity index (χ1) is 9.13. The molecule has 2 aliphatic carbocycles. The zero-order chi connectivity index (χ0) is 13.5. The van der Waals surface area contributed by atoms with Gasteiger partial charge in [-0.25, -0.2) is 0 Å². The standard InChI is InChI=1S/C16H28N2O/c1-3-6-13-15(19)18(11-16(2)9-10-16)14(17-13)12-7-4-5-8-12/h12-14,17H,3-11H2,1-2H3. The third-order valence-corrected chi connectivity index (χ3v) is 5.37. The van der Waals surface area contributed by atoms with Crippen LogP contribution < -0.4 is 5.32 Å². The van der Waals surface area contributed by atoms with Crippen molar-refractivity contribution in [3.05, 3.63) is 0 Å². The van der Waals surface area contributed by atoms with Gasteiger partial charge in [-0.1, -0.05) is 33.1 Å². The average molecular weight is 264 g/mol. The summed E-state index contributed by atoms with van der Waals surface area (Å²) < 4.78 is 0. The summed E-state index contributed by atoms with van der Waals surface area (Å²) >= 11 is 0. The predicted molar refractivity (Wildman–Crippen MR) is 76.6 cm³/mol. The number of amides is 1. The fourth-order valence-electron chi connectivity index (χ4n) is 3.82. The molecule has 1 N–H and O–H groups in total. The van der Waals surface area contributed by atoms with Crippen LogP contribution in [0.5, 0.6) is 0 Å². The number of hydrogen-bond donors (Lipinski definition) is 1. The zero-order valence-corrected chi connectivity index (χ0v) is 12.5. The Kier molecular flexibility index (Phi) is 3.59. The van der Waals surface area contributed by atoms with Gasteiger partial charge in [0.05, 0.1) is 12.2 Å². The molecule has 0 aromatic heterocycles. The molecule has 1 saturated heterocycles. The van der Waals surface area contributed by atoms with Crippen molar-refractivity contribution in [3.63, 3.8) is 0 Å². The molecule has 2 unspecified atom stereocenters. The number of nitrogens with zero attached hydrogens (tertiary/aromatic N) is 1. The van der Waals surface area contributed by atoms with E-state index in [1.54, 1.807) is 0 Å². The smallest absolute Gasteiger partial charge is 0.241 e. The average Bonchev–Trinajstić information content (AvgIpc) is 2.80. The van der Waals surface area contributed by atoms with Gasteiger partial charge in [-0.05, 0) is 43.4 Å². The topological polar surface area (TPSA) is 32.3 Å². The molecule has 2 atom stereocenters. The van der Waals surface area contributed by atoms with Gasteiger partial charge >= 0.3 is 0 Å². The highest BCUT2D eigenvalue weighted by Crippen LogP contribution is 2.47. The maximum Gasteiger partial charge on any atom is 0.241 e. The number of carbonyl (C=O) groups excluding carboxylic acids is 1. The maximum atomic E-state index is 12.6. The van der Waals surface area contributed by atoms with E-state index < -0.39 is 0 Å². The van der Waals surface area contributed by atoms with Crippen LogP contribution in [0.3, 0.4) is 0 Å². The highest BCUT2D eigenvalue weighted by atomic mass is 16.2. The van der Waals surface area contributed by atoms with Crippen LogP contribution in [0.2, 0.25) is 0 Å². The van der Waals surface area contributed by atoms with E-state index in [0.29, 0.717) is 23.4 Å². The van der Waals surface area contributed by atoms with E-state index >= 15 is 0 Å². The van der Waals surface area contributed by atoms with Crippen molar-refractivity contribution in [2.24, 2.45) is 11.3 Å². The minimum absolute atomic E-state index is 0.0953. The SMILES string of the molecule is CCCC1NC(C2CCCC2)N(CC2(C)CC2)C1=O. The summed E-state index contributed by atoms with van der Waals surface area (Å²) in [6, 6.07) is 0.0953. The Morgan fingerprint density at radius 1 is 1.32 bits per heavy atom. The van der Waals surface area contributed by atoms with Crippen LogP contribution in [0.1, 0.15) is 65.2 Å². The predicted octanol–water partition coefficient (Wildman–Crippen LogP) is 2.90. The zero-order valence-electron chi connectivity index (χ0n) is 12.5. The summed E-state index contributed by atoms with van der Waals surface area (Å²) in [5.41, 5.74) is 0.426. The molecule has 1 aliphatic heterocycles. The van der Waals surface area contributed by atoms with Crippen LogP contribution in [0.25, 0.3) is 0 Å². The second kappa shape index (κ2) is 5.08. The first kappa shape index (κ1) is 13.4. The van der Waals surface area contributed by atoms with E-state index in [0.717, 1.165) is 19.4 Å². The Balaban J connectivity index is 1.72. The lowest BCUT2D eigenvalue weighted by Crippen LogP contribution is -2.44. The molecule has 3 fully saturated rings. The summed E-state index contributed by atoms with van der Waals surface area (Å²) in [6.07, 6.45) is 10.3. The minimum atomic E-state index is 0.0953. The van der Waals surface area contributed by atoms with Crippen molar-refractivity contribution in [1.82, 2.24) is 10.2 Å². The van der Waals surface area contributed by atoms with Crippen LogP contribution in [0.4, 0.5) is 0 Å². The van der Waals surface area contributed by atoms with E-state index in [-0.39, 0.29) is 6.04 Å². The van der Waals surface area contributed by atoms with Crippen LogP contribution in [-0.4, -0.2) is 29.6 Å². The molecule has 3 heteroatoms. The molecule has 108 valence electrons. The molecule has 0 aromatic rings. The quantitative estimate of drug-likeness (QED) is 0.828. The lowest BCUT2D eigenvalue weighted by molar-refractivity contribution is -0.131. The second-order valence-corrected chi connectivity index (χ2v) is 7.27. The number of hydrogen-bond acceptors (Lipinski definition) is 2. The minimum Gasteiger partial charge on any atom is -0.325 e. The molecule has 1 heterocycles. The molecule has 0 radical (unpaired) electrons. The number of rotatable bonds is 5. The normalized spacial score (nSPS) is 34.2. The van der Waals surface area contributed by atoms with Gasteiger partial charge in [-0.15, -0.1) is 0 Å². The Bertz CT molecular complexity index is 345. The molecular weight excluding hydrogens is 236 g/mol. The third kappa shape index (κ3) is 2.67. The number of carbonyl (C=O) groups is 1. The third-order valence-electron chi connectivity index (χ3n) is 5.37. The monoisotopic (exact) mass is 264 g/mol. The first-order valence-electron chi connectivity index (χ1n) is 8.19. The highest BCUT2D eigenvalue weighted by molar-refractivity contribution is 5.84. The fraction of sp³-hybridized carbons (Fsp3) is 0.938. The van der Waals surface area contributed by atoms with Gasteiger partial charge in [0, 0.05) is 6.54 Å². The number of nitrogens with one attached hydrogen (secondary N) is 1. The van der Waals surface area contributed by atoms with Crippen LogP contribution in [-0.2, 0) is 4.79 Å². The summed E-state index contributed by atoms with van der Waals surface area (Å²) in [4.78, 5) is 14.8. The molecule has 3 rings (SSSR count). The van der Waals surface area contributed by atoms with Crippen molar-refractivity contribution in [3.8, 4) is 0 Å². The van der Waals surface area contributed by atoms with E-state index in [9.17, 15) is 4.79 Å². The van der Waals surface area contributed by atoms with Crippen molar-refractivity contribution in [2.75, 3.05) is 6.54 Å². The molecule has 0 bridgehead atoms. The Hall–Kier alpha value is -0.570. The summed E-state index contributed by atoms with van der Waals surface area (Å²) in [7, 11) is 0. The fourth-order valence-corrected chi connectivity index (χ4v) is 3.82. The second-order valence-electron chi connectivity index (χ2n) is 7.27. The largest absolute Gasteiger partial charge is 0.325 e. The van der Waals surface area contributed by atoms with Crippen LogP contribution in [0.15, 0.2) is 0 Å². The molecule has 0 spiro atoms. The Labute approximate surface area is 117 Å². The van der Waals surface area contributed by atoms with Gasteiger partial charge < -0.3 is 4.90 Å². The van der Waals surface area contributed by atoms with Crippen molar-refractivity contribution in [2.45, 2.75) is 77.4 Å². The summed E-state index contributed by atoms with van der Waals surface area (Å²) in [6.45, 7) is 5.49. The van der Waals surface area contributed by atoms with E-state index in [1.165, 1.54) is 38.5 Å². The van der Waals surface area contributed by atoms with Gasteiger partial charge in [-0.2, -0.15) is 0 Å². The molecular formula is C16H28N2O. The Morgan fingerprint density at radius 3 is 2.58 bits per heavy atom.